The molecule has 1 aromatic heterocycles. The van der Waals surface area contributed by atoms with Crippen molar-refractivity contribution in [3.8, 4) is 0 Å². The van der Waals surface area contributed by atoms with Crippen molar-refractivity contribution in [2.45, 2.75) is 13.3 Å². The number of pyridine rings is 1. The van der Waals surface area contributed by atoms with E-state index in [2.05, 4.69) is 20.5 Å². The predicted molar refractivity (Wildman–Crippen MR) is 157 cm³/mol. The maximum atomic E-state index is 13.1. The summed E-state index contributed by atoms with van der Waals surface area (Å²) in [7, 11) is 0. The molecule has 3 N–H and O–H groups in total. The zero-order chi connectivity index (χ0) is 25.7. The van der Waals surface area contributed by atoms with Crippen LogP contribution in [0, 0.1) is 5.82 Å². The first-order chi connectivity index (χ1) is 17.3. The minimum atomic E-state index is -1.10. The fourth-order valence-corrected chi connectivity index (χ4v) is 4.09. The van der Waals surface area contributed by atoms with Crippen molar-refractivity contribution >= 4 is 77.4 Å². The number of rotatable bonds is 8. The molecule has 1 aliphatic heterocycles. The second-order valence-corrected chi connectivity index (χ2v) is 8.64. The van der Waals surface area contributed by atoms with Crippen molar-refractivity contribution in [1.29, 1.82) is 0 Å². The second-order valence-electron chi connectivity index (χ2n) is 8.64. The number of carboxylic acid groups (broad SMARTS) is 1. The molecule has 0 radical (unpaired) electrons. The minimum Gasteiger partial charge on any atom is -0.478 e. The molecular formula is C26H31Cl3FN5O4. The standard InChI is InChI=1S/C26H28FN5O4.3ClH/c1-2-9-28-24(33)16-31-10-12-32(13-11-31)23-15-21(26(35)36)20-14-19(7-8-22(20)30-23)29-25(34)17-3-5-18(27)6-4-17;;;/h3-8,14-15H,2,9-13,16H2,1H3,(H,28,33)(H,29,34)(H,35,36);3*1H. The van der Waals surface area contributed by atoms with Crippen molar-refractivity contribution in [3.63, 3.8) is 0 Å². The number of carbonyl (C=O) groups excluding carboxylic acids is 2. The molecule has 4 rings (SSSR count). The highest BCUT2D eigenvalue weighted by atomic mass is 35.5. The molecule has 0 saturated carbocycles. The van der Waals surface area contributed by atoms with Crippen molar-refractivity contribution in [1.82, 2.24) is 15.2 Å². The summed E-state index contributed by atoms with van der Waals surface area (Å²) in [5, 5.41) is 15.9. The predicted octanol–water partition coefficient (Wildman–Crippen LogP) is 4.24. The SMILES string of the molecule is CCCNC(=O)CN1CCN(c2cc(C(=O)O)c3cc(NC(=O)c4ccc(F)cc4)ccc3n2)CC1.Cl.Cl.Cl. The zero-order valence-corrected chi connectivity index (χ0v) is 23.6. The van der Waals surface area contributed by atoms with Crippen molar-refractivity contribution < 1.29 is 23.9 Å². The second kappa shape index (κ2) is 15.4. The number of amides is 2. The number of anilines is 2. The summed E-state index contributed by atoms with van der Waals surface area (Å²) in [6.07, 6.45) is 0.890. The van der Waals surface area contributed by atoms with Crippen LogP contribution in [-0.2, 0) is 4.79 Å². The first kappa shape index (κ1) is 33.8. The summed E-state index contributed by atoms with van der Waals surface area (Å²) in [5.41, 5.74) is 1.26. The van der Waals surface area contributed by atoms with Crippen molar-refractivity contribution in [2.75, 3.05) is 49.5 Å². The first-order valence-corrected chi connectivity index (χ1v) is 11.8. The number of fused-ring (bicyclic) bond motifs is 1. The third-order valence-electron chi connectivity index (χ3n) is 6.03. The average Bonchev–Trinajstić information content (AvgIpc) is 2.87. The Morgan fingerprint density at radius 1 is 0.974 bits per heavy atom. The van der Waals surface area contributed by atoms with E-state index in [0.29, 0.717) is 61.7 Å². The molecule has 1 fully saturated rings. The van der Waals surface area contributed by atoms with E-state index >= 15 is 0 Å². The van der Waals surface area contributed by atoms with Gasteiger partial charge in [0.2, 0.25) is 5.91 Å². The van der Waals surface area contributed by atoms with Crippen LogP contribution in [-0.4, -0.2) is 72.0 Å². The van der Waals surface area contributed by atoms with Crippen LogP contribution in [0.2, 0.25) is 0 Å². The molecule has 39 heavy (non-hydrogen) atoms. The number of aromatic nitrogens is 1. The lowest BCUT2D eigenvalue weighted by molar-refractivity contribution is -0.122. The van der Waals surface area contributed by atoms with Gasteiger partial charge in [0, 0.05) is 49.4 Å². The van der Waals surface area contributed by atoms with Gasteiger partial charge in [0.1, 0.15) is 11.6 Å². The van der Waals surface area contributed by atoms with Gasteiger partial charge in [-0.2, -0.15) is 0 Å². The van der Waals surface area contributed by atoms with Crippen LogP contribution in [0.5, 0.6) is 0 Å². The van der Waals surface area contributed by atoms with E-state index in [1.165, 1.54) is 24.3 Å². The Kier molecular flexibility index (Phi) is 13.4. The summed E-state index contributed by atoms with van der Waals surface area (Å²) >= 11 is 0. The van der Waals surface area contributed by atoms with Crippen LogP contribution < -0.4 is 15.5 Å². The normalized spacial score (nSPS) is 12.9. The molecule has 1 saturated heterocycles. The van der Waals surface area contributed by atoms with Crippen LogP contribution in [0.1, 0.15) is 34.1 Å². The lowest BCUT2D eigenvalue weighted by atomic mass is 10.1. The Morgan fingerprint density at radius 2 is 1.64 bits per heavy atom. The van der Waals surface area contributed by atoms with Crippen LogP contribution in [0.15, 0.2) is 48.5 Å². The number of nitrogens with one attached hydrogen (secondary N) is 2. The van der Waals surface area contributed by atoms with Gasteiger partial charge in [0.25, 0.3) is 5.91 Å². The van der Waals surface area contributed by atoms with Gasteiger partial charge in [-0.05, 0) is 55.0 Å². The third-order valence-corrected chi connectivity index (χ3v) is 6.03. The Morgan fingerprint density at radius 3 is 2.26 bits per heavy atom. The summed E-state index contributed by atoms with van der Waals surface area (Å²) in [6, 6.07) is 11.6. The fraction of sp³-hybridized carbons (Fsp3) is 0.308. The lowest BCUT2D eigenvalue weighted by Crippen LogP contribution is -2.49. The number of carbonyl (C=O) groups is 3. The number of benzene rings is 2. The Hall–Kier alpha value is -3.18. The topological polar surface area (TPSA) is 115 Å². The van der Waals surface area contributed by atoms with E-state index < -0.39 is 17.7 Å². The Labute approximate surface area is 244 Å². The highest BCUT2D eigenvalue weighted by molar-refractivity contribution is 6.08. The number of hydrogen-bond donors (Lipinski definition) is 3. The molecule has 2 heterocycles. The van der Waals surface area contributed by atoms with Crippen LogP contribution >= 0.6 is 37.2 Å². The molecule has 0 bridgehead atoms. The van der Waals surface area contributed by atoms with Crippen LogP contribution in [0.25, 0.3) is 10.9 Å². The maximum absolute atomic E-state index is 13.1. The van der Waals surface area contributed by atoms with Gasteiger partial charge in [0.05, 0.1) is 17.6 Å². The number of carboxylic acids is 1. The highest BCUT2D eigenvalue weighted by Gasteiger charge is 2.22. The Bertz CT molecular complexity index is 1290. The molecule has 0 aliphatic carbocycles. The molecule has 9 nitrogen and oxygen atoms in total. The third kappa shape index (κ3) is 8.66. The molecule has 2 amide bonds. The summed E-state index contributed by atoms with van der Waals surface area (Å²) < 4.78 is 13.1. The smallest absolute Gasteiger partial charge is 0.336 e. The van der Waals surface area contributed by atoms with Crippen LogP contribution in [0.3, 0.4) is 0 Å². The van der Waals surface area contributed by atoms with Gasteiger partial charge < -0.3 is 20.6 Å². The van der Waals surface area contributed by atoms with E-state index in [0.717, 1.165) is 6.42 Å². The first-order valence-electron chi connectivity index (χ1n) is 11.8. The van der Waals surface area contributed by atoms with Gasteiger partial charge >= 0.3 is 5.97 Å². The number of aromatic carboxylic acids is 1. The van der Waals surface area contributed by atoms with E-state index in [4.69, 9.17) is 0 Å². The maximum Gasteiger partial charge on any atom is 0.336 e. The molecular weight excluding hydrogens is 572 g/mol. The molecule has 2 aromatic carbocycles. The quantitative estimate of drug-likeness (QED) is 0.353. The molecule has 13 heteroatoms. The summed E-state index contributed by atoms with van der Waals surface area (Å²) in [4.78, 5) is 45.3. The molecule has 0 atom stereocenters. The average molecular weight is 603 g/mol. The van der Waals surface area contributed by atoms with Gasteiger partial charge in [-0.15, -0.1) is 37.2 Å². The van der Waals surface area contributed by atoms with Gasteiger partial charge in [0.15, 0.2) is 0 Å². The largest absolute Gasteiger partial charge is 0.478 e. The minimum absolute atomic E-state index is 0. The summed E-state index contributed by atoms with van der Waals surface area (Å²) in [6.45, 7) is 5.56. The molecule has 3 aromatic rings. The van der Waals surface area contributed by atoms with E-state index in [1.54, 1.807) is 24.3 Å². The number of nitrogens with zero attached hydrogens (tertiary/aromatic N) is 3. The van der Waals surface area contributed by atoms with Gasteiger partial charge in [-0.3, -0.25) is 14.5 Å². The van der Waals surface area contributed by atoms with E-state index in [-0.39, 0.29) is 54.3 Å². The van der Waals surface area contributed by atoms with E-state index in [1.807, 2.05) is 11.8 Å². The number of hydrogen-bond acceptors (Lipinski definition) is 6. The lowest BCUT2D eigenvalue weighted by Gasteiger charge is -2.35. The van der Waals surface area contributed by atoms with Crippen LogP contribution in [0.4, 0.5) is 15.9 Å². The summed E-state index contributed by atoms with van der Waals surface area (Å²) in [5.74, 6) is -1.42. The van der Waals surface area contributed by atoms with Gasteiger partial charge in [-0.1, -0.05) is 6.92 Å². The monoisotopic (exact) mass is 601 g/mol. The van der Waals surface area contributed by atoms with E-state index in [9.17, 15) is 23.9 Å². The molecule has 212 valence electrons. The van der Waals surface area contributed by atoms with Crippen molar-refractivity contribution in [2.24, 2.45) is 0 Å². The highest BCUT2D eigenvalue weighted by Crippen LogP contribution is 2.27. The van der Waals surface area contributed by atoms with Crippen molar-refractivity contribution in [3.05, 3.63) is 65.5 Å². The number of piperazine rings is 1. The number of halogens is 4. The fourth-order valence-electron chi connectivity index (χ4n) is 4.09. The molecule has 0 spiro atoms. The Balaban J connectivity index is 0.00000253. The molecule has 0 unspecified atom stereocenters. The zero-order valence-electron chi connectivity index (χ0n) is 21.2. The molecule has 1 aliphatic rings. The van der Waals surface area contributed by atoms with Gasteiger partial charge in [-0.25, -0.2) is 14.2 Å².